The quantitative estimate of drug-likeness (QED) is 0.771. The second-order valence-electron chi connectivity index (χ2n) is 5.71. The summed E-state index contributed by atoms with van der Waals surface area (Å²) in [6.07, 6.45) is 5.52. The highest BCUT2D eigenvalue weighted by Gasteiger charge is 2.23. The molecule has 0 bridgehead atoms. The number of carbonyl (C=O) groups excluding carboxylic acids is 1. The smallest absolute Gasteiger partial charge is 0.237 e. The van der Waals surface area contributed by atoms with Crippen LogP contribution in [0.4, 0.5) is 0 Å². The van der Waals surface area contributed by atoms with Crippen molar-refractivity contribution in [3.8, 4) is 0 Å². The van der Waals surface area contributed by atoms with Crippen LogP contribution < -0.4 is 11.1 Å². The molecule has 1 fully saturated rings. The summed E-state index contributed by atoms with van der Waals surface area (Å²) in [5.41, 5.74) is 5.86. The molecule has 0 saturated heterocycles. The Morgan fingerprint density at radius 2 is 2.12 bits per heavy atom. The summed E-state index contributed by atoms with van der Waals surface area (Å²) >= 11 is 0. The largest absolute Gasteiger partial charge is 0.352 e. The average Bonchev–Trinajstić information content (AvgIpc) is 2.16. The average molecular weight is 226 g/mol. The Kier molecular flexibility index (Phi) is 5.26. The highest BCUT2D eigenvalue weighted by molar-refractivity contribution is 5.81. The molecule has 1 saturated carbocycles. The lowest BCUT2D eigenvalue weighted by Gasteiger charge is -2.28. The maximum Gasteiger partial charge on any atom is 0.237 e. The van der Waals surface area contributed by atoms with Gasteiger partial charge < -0.3 is 11.1 Å². The van der Waals surface area contributed by atoms with Crippen LogP contribution in [0.1, 0.15) is 52.9 Å². The molecule has 0 heterocycles. The van der Waals surface area contributed by atoms with Gasteiger partial charge in [-0.15, -0.1) is 0 Å². The third kappa shape index (κ3) is 4.52. The molecule has 1 rings (SSSR count). The summed E-state index contributed by atoms with van der Waals surface area (Å²) in [5, 5.41) is 3.09. The van der Waals surface area contributed by atoms with Crippen LogP contribution in [0.5, 0.6) is 0 Å². The normalized spacial score (nSPS) is 27.8. The number of rotatable bonds is 4. The van der Waals surface area contributed by atoms with E-state index in [-0.39, 0.29) is 11.9 Å². The van der Waals surface area contributed by atoms with Crippen molar-refractivity contribution in [3.05, 3.63) is 0 Å². The lowest BCUT2D eigenvalue weighted by Crippen LogP contribution is -2.47. The minimum Gasteiger partial charge on any atom is -0.352 e. The molecule has 2 unspecified atom stereocenters. The van der Waals surface area contributed by atoms with Crippen LogP contribution in [0.15, 0.2) is 0 Å². The predicted molar refractivity (Wildman–Crippen MR) is 67.0 cm³/mol. The molecule has 0 aliphatic heterocycles. The van der Waals surface area contributed by atoms with Crippen LogP contribution in [0, 0.1) is 11.8 Å². The van der Waals surface area contributed by atoms with Gasteiger partial charge in [0.05, 0.1) is 6.04 Å². The van der Waals surface area contributed by atoms with Gasteiger partial charge in [0, 0.05) is 6.04 Å². The first-order valence-corrected chi connectivity index (χ1v) is 6.55. The summed E-state index contributed by atoms with van der Waals surface area (Å²) in [6.45, 7) is 6.44. The number of amides is 1. The molecule has 3 nitrogen and oxygen atoms in total. The Labute approximate surface area is 99.2 Å². The molecule has 3 heteroatoms. The Morgan fingerprint density at radius 3 is 2.69 bits per heavy atom. The van der Waals surface area contributed by atoms with Gasteiger partial charge in [-0.1, -0.05) is 33.6 Å². The first-order valence-electron chi connectivity index (χ1n) is 6.55. The zero-order chi connectivity index (χ0) is 12.1. The van der Waals surface area contributed by atoms with E-state index in [1.165, 1.54) is 12.8 Å². The van der Waals surface area contributed by atoms with Crippen molar-refractivity contribution in [1.29, 1.82) is 0 Å². The predicted octanol–water partition coefficient (Wildman–Crippen LogP) is 2.05. The summed E-state index contributed by atoms with van der Waals surface area (Å²) in [6, 6.07) is 0.0201. The highest BCUT2D eigenvalue weighted by Crippen LogP contribution is 2.23. The van der Waals surface area contributed by atoms with E-state index in [4.69, 9.17) is 5.73 Å². The molecule has 16 heavy (non-hydrogen) atoms. The van der Waals surface area contributed by atoms with Gasteiger partial charge in [-0.05, 0) is 31.1 Å². The molecule has 0 aromatic rings. The van der Waals surface area contributed by atoms with E-state index in [0.29, 0.717) is 12.0 Å². The van der Waals surface area contributed by atoms with Gasteiger partial charge in [0.1, 0.15) is 0 Å². The lowest BCUT2D eigenvalue weighted by molar-refractivity contribution is -0.123. The van der Waals surface area contributed by atoms with Crippen LogP contribution in [-0.4, -0.2) is 18.0 Å². The molecule has 1 amide bonds. The van der Waals surface area contributed by atoms with Crippen LogP contribution in [0.3, 0.4) is 0 Å². The van der Waals surface area contributed by atoms with Crippen molar-refractivity contribution in [2.75, 3.05) is 0 Å². The maximum atomic E-state index is 11.8. The molecule has 3 atom stereocenters. The third-order valence-corrected chi connectivity index (χ3v) is 3.34. The van der Waals surface area contributed by atoms with E-state index in [1.54, 1.807) is 0 Å². The number of hydrogen-bond acceptors (Lipinski definition) is 2. The van der Waals surface area contributed by atoms with Gasteiger partial charge in [0.2, 0.25) is 5.91 Å². The van der Waals surface area contributed by atoms with Gasteiger partial charge in [-0.25, -0.2) is 0 Å². The molecule has 0 aromatic carbocycles. The fourth-order valence-corrected chi connectivity index (χ4v) is 2.49. The Balaban J connectivity index is 2.32. The van der Waals surface area contributed by atoms with Crippen LogP contribution in [0.25, 0.3) is 0 Å². The number of carbonyl (C=O) groups is 1. The maximum absolute atomic E-state index is 11.8. The van der Waals surface area contributed by atoms with Crippen LogP contribution >= 0.6 is 0 Å². The van der Waals surface area contributed by atoms with Crippen molar-refractivity contribution in [1.82, 2.24) is 5.32 Å². The zero-order valence-electron chi connectivity index (χ0n) is 10.8. The topological polar surface area (TPSA) is 55.1 Å². The van der Waals surface area contributed by atoms with E-state index < -0.39 is 0 Å². The first kappa shape index (κ1) is 13.5. The number of nitrogens with two attached hydrogens (primary N) is 1. The summed E-state index contributed by atoms with van der Waals surface area (Å²) in [5.74, 6) is 1.25. The molecule has 1 aliphatic carbocycles. The standard InChI is InChI=1S/C13H26N2O/c1-9(2)7-12(14)13(16)15-11-6-4-5-10(3)8-11/h9-12H,4-8,14H2,1-3H3,(H,15,16)/t10?,11?,12-/m0/s1. The van der Waals surface area contributed by atoms with Crippen molar-refractivity contribution in [3.63, 3.8) is 0 Å². The van der Waals surface area contributed by atoms with Gasteiger partial charge in [0.25, 0.3) is 0 Å². The molecule has 94 valence electrons. The van der Waals surface area contributed by atoms with E-state index in [1.807, 2.05) is 0 Å². The Hall–Kier alpha value is -0.570. The third-order valence-electron chi connectivity index (χ3n) is 3.34. The fourth-order valence-electron chi connectivity index (χ4n) is 2.49. The van der Waals surface area contributed by atoms with Crippen molar-refractivity contribution >= 4 is 5.91 Å². The van der Waals surface area contributed by atoms with Gasteiger partial charge in [0.15, 0.2) is 0 Å². The molecule has 0 aromatic heterocycles. The first-order chi connectivity index (χ1) is 7.49. The molecule has 0 radical (unpaired) electrons. The highest BCUT2D eigenvalue weighted by atomic mass is 16.2. The van der Waals surface area contributed by atoms with E-state index in [9.17, 15) is 4.79 Å². The Morgan fingerprint density at radius 1 is 1.44 bits per heavy atom. The van der Waals surface area contributed by atoms with E-state index in [2.05, 4.69) is 26.1 Å². The molecule has 1 aliphatic rings. The van der Waals surface area contributed by atoms with E-state index in [0.717, 1.165) is 25.2 Å². The summed E-state index contributed by atoms with van der Waals surface area (Å²) in [7, 11) is 0. The van der Waals surface area contributed by atoms with Crippen molar-refractivity contribution < 1.29 is 4.79 Å². The summed E-state index contributed by atoms with van der Waals surface area (Å²) < 4.78 is 0. The second-order valence-corrected chi connectivity index (χ2v) is 5.71. The summed E-state index contributed by atoms with van der Waals surface area (Å²) in [4.78, 5) is 11.8. The molecular formula is C13H26N2O. The minimum atomic E-state index is -0.336. The van der Waals surface area contributed by atoms with Crippen LogP contribution in [0.2, 0.25) is 0 Å². The van der Waals surface area contributed by atoms with E-state index >= 15 is 0 Å². The van der Waals surface area contributed by atoms with Gasteiger partial charge in [-0.2, -0.15) is 0 Å². The van der Waals surface area contributed by atoms with Crippen molar-refractivity contribution in [2.45, 2.75) is 65.0 Å². The SMILES string of the molecule is CC(C)C[C@H](N)C(=O)NC1CCCC(C)C1. The van der Waals surface area contributed by atoms with Gasteiger partial charge in [-0.3, -0.25) is 4.79 Å². The molecule has 0 spiro atoms. The fraction of sp³-hybridized carbons (Fsp3) is 0.923. The second kappa shape index (κ2) is 6.24. The van der Waals surface area contributed by atoms with Crippen molar-refractivity contribution in [2.24, 2.45) is 17.6 Å². The Bertz CT molecular complexity index is 228. The molecular weight excluding hydrogens is 200 g/mol. The molecule has 3 N–H and O–H groups in total. The van der Waals surface area contributed by atoms with Crippen LogP contribution in [-0.2, 0) is 4.79 Å². The zero-order valence-corrected chi connectivity index (χ0v) is 10.8. The number of nitrogens with one attached hydrogen (secondary N) is 1. The number of hydrogen-bond donors (Lipinski definition) is 2. The minimum absolute atomic E-state index is 0.0350. The monoisotopic (exact) mass is 226 g/mol. The van der Waals surface area contributed by atoms with Gasteiger partial charge >= 0.3 is 0 Å². The lowest BCUT2D eigenvalue weighted by atomic mass is 9.87.